The maximum Gasteiger partial charge on any atom is 0.418 e. The summed E-state index contributed by atoms with van der Waals surface area (Å²) in [4.78, 5) is 14.2. The number of benzene rings is 2. The number of carbonyl (C=O) groups is 1. The lowest BCUT2D eigenvalue weighted by Gasteiger charge is -2.30. The van der Waals surface area contributed by atoms with Crippen molar-refractivity contribution in [3.63, 3.8) is 0 Å². The van der Waals surface area contributed by atoms with Crippen molar-refractivity contribution in [2.75, 3.05) is 12.0 Å². The highest BCUT2D eigenvalue weighted by molar-refractivity contribution is 5.92. The van der Waals surface area contributed by atoms with E-state index >= 15 is 0 Å². The van der Waals surface area contributed by atoms with Crippen molar-refractivity contribution < 1.29 is 9.53 Å². The molecule has 2 aromatic carbocycles. The largest absolute Gasteiger partial charge is 0.452 e. The van der Waals surface area contributed by atoms with Crippen LogP contribution in [0.2, 0.25) is 0 Å². The van der Waals surface area contributed by atoms with Crippen LogP contribution in [0.15, 0.2) is 72.4 Å². The highest BCUT2D eigenvalue weighted by atomic mass is 16.5. The quantitative estimate of drug-likeness (QED) is 0.804. The standard InChI is InChI=1S/C20H21NO2/c1-3-18(20(14-15-20)16-10-6-4-7-11-16)21(19(22)23-2)17-12-8-5-9-13-17/h3-13H,14-15H2,1-2H3/b18-3+. The summed E-state index contributed by atoms with van der Waals surface area (Å²) in [5.41, 5.74) is 2.97. The van der Waals surface area contributed by atoms with E-state index in [0.29, 0.717) is 0 Å². The van der Waals surface area contributed by atoms with Gasteiger partial charge in [0.1, 0.15) is 0 Å². The van der Waals surface area contributed by atoms with Gasteiger partial charge in [0.25, 0.3) is 0 Å². The van der Waals surface area contributed by atoms with E-state index in [2.05, 4.69) is 12.1 Å². The molecular formula is C20H21NO2. The molecule has 1 fully saturated rings. The number of ether oxygens (including phenoxy) is 1. The summed E-state index contributed by atoms with van der Waals surface area (Å²) in [5, 5.41) is 0. The number of hydrogen-bond donors (Lipinski definition) is 0. The maximum absolute atomic E-state index is 12.5. The lowest BCUT2D eigenvalue weighted by molar-refractivity contribution is 0.180. The zero-order chi connectivity index (χ0) is 16.3. The zero-order valence-corrected chi connectivity index (χ0v) is 13.5. The molecule has 0 aliphatic heterocycles. The van der Waals surface area contributed by atoms with Gasteiger partial charge in [-0.15, -0.1) is 0 Å². The lowest BCUT2D eigenvalue weighted by atomic mass is 9.91. The normalized spacial score (nSPS) is 15.8. The highest BCUT2D eigenvalue weighted by Gasteiger charge is 2.50. The van der Waals surface area contributed by atoms with Crippen LogP contribution < -0.4 is 4.90 Å². The molecule has 2 aromatic rings. The summed E-state index contributed by atoms with van der Waals surface area (Å²) in [7, 11) is 1.42. The van der Waals surface area contributed by atoms with Crippen molar-refractivity contribution >= 4 is 11.8 Å². The first-order chi connectivity index (χ1) is 11.2. The van der Waals surface area contributed by atoms with Crippen LogP contribution in [0.4, 0.5) is 10.5 Å². The average Bonchev–Trinajstić information content (AvgIpc) is 3.42. The third kappa shape index (κ3) is 2.74. The second-order valence-electron chi connectivity index (χ2n) is 5.76. The van der Waals surface area contributed by atoms with E-state index in [1.807, 2.05) is 61.5 Å². The molecule has 0 unspecified atom stereocenters. The van der Waals surface area contributed by atoms with Gasteiger partial charge in [0.05, 0.1) is 12.8 Å². The molecule has 3 rings (SSSR count). The van der Waals surface area contributed by atoms with Gasteiger partial charge in [0.2, 0.25) is 0 Å². The Kier molecular flexibility index (Phi) is 4.20. The van der Waals surface area contributed by atoms with Crippen LogP contribution in [-0.4, -0.2) is 13.2 Å². The number of amides is 1. The van der Waals surface area contributed by atoms with Crippen LogP contribution in [-0.2, 0) is 10.2 Å². The predicted octanol–water partition coefficient (Wildman–Crippen LogP) is 4.90. The first kappa shape index (κ1) is 15.3. The first-order valence-corrected chi connectivity index (χ1v) is 7.88. The van der Waals surface area contributed by atoms with Crippen molar-refractivity contribution in [3.8, 4) is 0 Å². The molecule has 1 saturated carbocycles. The number of anilines is 1. The molecule has 1 amide bonds. The summed E-state index contributed by atoms with van der Waals surface area (Å²) in [6.07, 6.45) is 3.75. The van der Waals surface area contributed by atoms with Crippen LogP contribution in [0.5, 0.6) is 0 Å². The van der Waals surface area contributed by atoms with Gasteiger partial charge in [-0.1, -0.05) is 54.6 Å². The Balaban J connectivity index is 2.06. The Bertz CT molecular complexity index is 703. The smallest absolute Gasteiger partial charge is 0.418 e. The molecule has 3 nitrogen and oxygen atoms in total. The fourth-order valence-electron chi connectivity index (χ4n) is 3.21. The van der Waals surface area contributed by atoms with Crippen LogP contribution >= 0.6 is 0 Å². The summed E-state index contributed by atoms with van der Waals surface area (Å²) in [6, 6.07) is 20.1. The van der Waals surface area contributed by atoms with Gasteiger partial charge in [-0.05, 0) is 37.5 Å². The molecule has 118 valence electrons. The molecule has 0 bridgehead atoms. The fraction of sp³-hybridized carbons (Fsp3) is 0.250. The van der Waals surface area contributed by atoms with E-state index in [-0.39, 0.29) is 11.5 Å². The Morgan fingerprint density at radius 1 is 1.04 bits per heavy atom. The number of methoxy groups -OCH3 is 1. The highest BCUT2D eigenvalue weighted by Crippen LogP contribution is 2.55. The molecule has 0 atom stereocenters. The van der Waals surface area contributed by atoms with Crippen molar-refractivity contribution in [3.05, 3.63) is 78.0 Å². The average molecular weight is 307 g/mol. The van der Waals surface area contributed by atoms with Gasteiger partial charge in [-0.25, -0.2) is 9.69 Å². The Morgan fingerprint density at radius 2 is 1.61 bits per heavy atom. The molecule has 0 saturated heterocycles. The van der Waals surface area contributed by atoms with Gasteiger partial charge in [0, 0.05) is 11.1 Å². The second-order valence-corrected chi connectivity index (χ2v) is 5.76. The molecular weight excluding hydrogens is 286 g/mol. The van der Waals surface area contributed by atoms with Crippen molar-refractivity contribution in [2.45, 2.75) is 25.2 Å². The SMILES string of the molecule is C/C=C(/N(C(=O)OC)c1ccccc1)C1(c2ccccc2)CC1. The number of allylic oxidation sites excluding steroid dienone is 2. The monoisotopic (exact) mass is 307 g/mol. The summed E-state index contributed by atoms with van der Waals surface area (Å²) >= 11 is 0. The van der Waals surface area contributed by atoms with Gasteiger partial charge >= 0.3 is 6.09 Å². The molecule has 3 heteroatoms. The first-order valence-electron chi connectivity index (χ1n) is 7.88. The van der Waals surface area contributed by atoms with Crippen LogP contribution in [0.3, 0.4) is 0 Å². The number of nitrogens with zero attached hydrogens (tertiary/aromatic N) is 1. The van der Waals surface area contributed by atoms with E-state index in [1.165, 1.54) is 12.7 Å². The molecule has 0 spiro atoms. The molecule has 0 N–H and O–H groups in total. The van der Waals surface area contributed by atoms with Crippen LogP contribution in [0, 0.1) is 0 Å². The van der Waals surface area contributed by atoms with E-state index in [0.717, 1.165) is 24.2 Å². The minimum atomic E-state index is -0.355. The van der Waals surface area contributed by atoms with E-state index < -0.39 is 0 Å². The number of carbonyl (C=O) groups excluding carboxylic acids is 1. The van der Waals surface area contributed by atoms with Crippen LogP contribution in [0.1, 0.15) is 25.3 Å². The van der Waals surface area contributed by atoms with Gasteiger partial charge < -0.3 is 4.74 Å². The lowest BCUT2D eigenvalue weighted by Crippen LogP contribution is -2.35. The van der Waals surface area contributed by atoms with Gasteiger partial charge in [0.15, 0.2) is 0 Å². The molecule has 1 aliphatic rings. The number of rotatable bonds is 4. The second kappa shape index (κ2) is 6.29. The number of para-hydroxylation sites is 1. The number of hydrogen-bond acceptors (Lipinski definition) is 2. The minimum absolute atomic E-state index is 0.0972. The molecule has 23 heavy (non-hydrogen) atoms. The van der Waals surface area contributed by atoms with Crippen LogP contribution in [0.25, 0.3) is 0 Å². The topological polar surface area (TPSA) is 29.5 Å². The van der Waals surface area contributed by atoms with Crippen molar-refractivity contribution in [1.29, 1.82) is 0 Å². The Labute approximate surface area is 137 Å². The summed E-state index contributed by atoms with van der Waals surface area (Å²) in [6.45, 7) is 1.98. The fourth-order valence-corrected chi connectivity index (χ4v) is 3.21. The zero-order valence-electron chi connectivity index (χ0n) is 13.5. The summed E-state index contributed by atoms with van der Waals surface area (Å²) in [5.74, 6) is 0. The molecule has 0 aromatic heterocycles. The minimum Gasteiger partial charge on any atom is -0.452 e. The maximum atomic E-state index is 12.5. The molecule has 0 heterocycles. The summed E-state index contributed by atoms with van der Waals surface area (Å²) < 4.78 is 5.05. The third-order valence-corrected chi connectivity index (χ3v) is 4.45. The van der Waals surface area contributed by atoms with Gasteiger partial charge in [-0.3, -0.25) is 0 Å². The van der Waals surface area contributed by atoms with Crippen molar-refractivity contribution in [1.82, 2.24) is 0 Å². The molecule has 1 aliphatic carbocycles. The van der Waals surface area contributed by atoms with Crippen molar-refractivity contribution in [2.24, 2.45) is 0 Å². The molecule has 0 radical (unpaired) electrons. The van der Waals surface area contributed by atoms with Gasteiger partial charge in [-0.2, -0.15) is 0 Å². The van der Waals surface area contributed by atoms with E-state index in [4.69, 9.17) is 4.74 Å². The Morgan fingerprint density at radius 3 is 2.09 bits per heavy atom. The van der Waals surface area contributed by atoms with E-state index in [1.54, 1.807) is 4.90 Å². The van der Waals surface area contributed by atoms with E-state index in [9.17, 15) is 4.79 Å². The third-order valence-electron chi connectivity index (χ3n) is 4.45. The Hall–Kier alpha value is -2.55. The predicted molar refractivity (Wildman–Crippen MR) is 92.4 cm³/mol.